The molecule has 506 valence electrons. The van der Waals surface area contributed by atoms with Crippen molar-refractivity contribution in [2.24, 2.45) is 35.0 Å². The number of allylic oxidation sites excluding steroid dienone is 32. The third-order valence-electron chi connectivity index (χ3n) is 24.8. The van der Waals surface area contributed by atoms with E-state index >= 15 is 17.6 Å². The van der Waals surface area contributed by atoms with Gasteiger partial charge >= 0.3 is 0 Å². The largest absolute Gasteiger partial charge is 0.481 e. The fourth-order valence-corrected chi connectivity index (χ4v) is 20.5. The van der Waals surface area contributed by atoms with Crippen molar-refractivity contribution >= 4 is 5.69 Å². The van der Waals surface area contributed by atoms with Crippen LogP contribution in [0.15, 0.2) is 305 Å². The molecule has 17 rings (SSSR count). The van der Waals surface area contributed by atoms with Crippen LogP contribution in [-0.4, -0.2) is 59.9 Å². The Kier molecular flexibility index (Phi) is 17.2. The molecule has 5 nitrogen and oxygen atoms in total. The third-order valence-corrected chi connectivity index (χ3v) is 24.8. The second-order valence-corrected chi connectivity index (χ2v) is 29.9. The SMILES string of the molecule is C=CC1=CC=C(Oc2ccc(C3(C4C(F)C=CCC4F)C4=C(C=CCC4)C4=C3CC(N(C3=CCCCC3)C3=CC=CC5c6cccc(N(C7C=CC8=C(C7)C(C7=CCC(OC9C=CC(C=C)CC9)C=C7)(C7C(F)=CC=CC7F)C7C=CC=CC87)C7CC=CCC7)c6OC35)C=C4)cc2)CC1. The minimum Gasteiger partial charge on any atom is -0.481 e. The zero-order valence-electron chi connectivity index (χ0n) is 56.6. The van der Waals surface area contributed by atoms with Gasteiger partial charge in [0.25, 0.3) is 0 Å². The lowest BCUT2D eigenvalue weighted by atomic mass is 9.55. The molecule has 9 heteroatoms. The summed E-state index contributed by atoms with van der Waals surface area (Å²) >= 11 is 0. The van der Waals surface area contributed by atoms with Crippen molar-refractivity contribution in [2.75, 3.05) is 4.90 Å². The Bertz CT molecular complexity index is 4290. The second-order valence-electron chi connectivity index (χ2n) is 29.9. The van der Waals surface area contributed by atoms with E-state index in [9.17, 15) is 0 Å². The van der Waals surface area contributed by atoms with Crippen LogP contribution in [0.4, 0.5) is 23.2 Å². The third kappa shape index (κ3) is 10.9. The predicted octanol–water partition coefficient (Wildman–Crippen LogP) is 21.5. The molecule has 0 saturated carbocycles. The topological polar surface area (TPSA) is 34.2 Å². The summed E-state index contributed by atoms with van der Waals surface area (Å²) in [5.74, 6) is -0.105. The van der Waals surface area contributed by atoms with Gasteiger partial charge in [0.1, 0.15) is 47.7 Å². The highest BCUT2D eigenvalue weighted by Gasteiger charge is 2.63. The summed E-state index contributed by atoms with van der Waals surface area (Å²) in [5, 5.41) is 0. The van der Waals surface area contributed by atoms with Gasteiger partial charge in [0.15, 0.2) is 0 Å². The Hall–Kier alpha value is -8.40. The molecule has 15 aliphatic rings. The van der Waals surface area contributed by atoms with Gasteiger partial charge in [-0.2, -0.15) is 0 Å². The van der Waals surface area contributed by atoms with Crippen LogP contribution in [-0.2, 0) is 10.2 Å². The molecule has 1 aliphatic heterocycles. The van der Waals surface area contributed by atoms with Crippen LogP contribution in [0.25, 0.3) is 0 Å². The van der Waals surface area contributed by atoms with Crippen molar-refractivity contribution in [1.82, 2.24) is 4.90 Å². The minimum atomic E-state index is -1.55. The van der Waals surface area contributed by atoms with Gasteiger partial charge in [0.05, 0.1) is 41.6 Å². The van der Waals surface area contributed by atoms with Gasteiger partial charge in [-0.1, -0.05) is 194 Å². The van der Waals surface area contributed by atoms with Gasteiger partial charge in [-0.15, -0.1) is 6.58 Å². The Labute approximate surface area is 582 Å². The van der Waals surface area contributed by atoms with Crippen molar-refractivity contribution in [3.05, 3.63) is 317 Å². The number of fused-ring (bicyclic) bond motifs is 6. The molecule has 17 atom stereocenters. The van der Waals surface area contributed by atoms with E-state index in [-0.39, 0.29) is 60.6 Å². The molecule has 2 aromatic carbocycles. The summed E-state index contributed by atoms with van der Waals surface area (Å²) in [4.78, 5) is 5.21. The highest BCUT2D eigenvalue weighted by atomic mass is 19.2. The summed E-state index contributed by atoms with van der Waals surface area (Å²) in [6.07, 6.45) is 71.8. The lowest BCUT2D eigenvalue weighted by Crippen LogP contribution is -2.50. The monoisotopic (exact) mass is 1320 g/mol. The molecule has 0 fully saturated rings. The summed E-state index contributed by atoms with van der Waals surface area (Å²) in [7, 11) is 0. The quantitative estimate of drug-likeness (QED) is 0.124. The van der Waals surface area contributed by atoms with Gasteiger partial charge in [-0.25, -0.2) is 17.6 Å². The second kappa shape index (κ2) is 26.6. The fourth-order valence-electron chi connectivity index (χ4n) is 20.5. The summed E-state index contributed by atoms with van der Waals surface area (Å²) in [6.45, 7) is 7.98. The standard InChI is InChI=1S/C90H90F4N2O3/c1-3-57-35-45-65(46-36-57)97-67-49-39-59(40-50-67)89(85-79(91)29-17-30-80(85)92)75-27-13-11-23-69(75)71-53-43-63(55-77(71)89)95(61-19-7-5-8-20-61)83-33-15-25-73-74-26-16-34-84(88(74)99-87(73)83)96(62-21-9-6-10-22-62)64-44-54-72-70-24-12-14-28-76(70)90(78(72)56-64,86-81(93)31-18-32-82(86)94)60-41-51-68(52-42-60)98-66-47-37-58(4-2)38-48-66/h3-5,7,11-13,15-18,21,23-27,29-31,33-35,37,39-45,47,49,51-54,57,61,63-65,67,69,74-75,79,81-82,85-86,88H,1-2,6,8-10,14,19-20,22,28,32,36,38,46,48,50,55-56H2. The maximum absolute atomic E-state index is 17.6. The van der Waals surface area contributed by atoms with E-state index in [0.29, 0.717) is 37.4 Å². The highest BCUT2D eigenvalue weighted by Crippen LogP contribution is 2.68. The molecule has 0 radical (unpaired) electrons. The van der Waals surface area contributed by atoms with E-state index in [2.05, 4.69) is 187 Å². The van der Waals surface area contributed by atoms with E-state index in [1.165, 1.54) is 17.3 Å². The van der Waals surface area contributed by atoms with Crippen molar-refractivity contribution in [3.63, 3.8) is 0 Å². The normalized spacial score (nSPS) is 35.8. The average Bonchev–Trinajstić information content (AvgIpc) is 1.56. The maximum atomic E-state index is 17.6. The molecule has 99 heavy (non-hydrogen) atoms. The molecule has 17 unspecified atom stereocenters. The highest BCUT2D eigenvalue weighted by molar-refractivity contribution is 5.73. The lowest BCUT2D eigenvalue weighted by molar-refractivity contribution is 0.0317. The number of ether oxygens (including phenoxy) is 3. The summed E-state index contributed by atoms with van der Waals surface area (Å²) in [5.41, 5.74) is 12.1. The summed E-state index contributed by atoms with van der Waals surface area (Å²) in [6, 6.07) is 14.6. The lowest BCUT2D eigenvalue weighted by Gasteiger charge is -2.49. The summed E-state index contributed by atoms with van der Waals surface area (Å²) < 4.78 is 91.2. The minimum absolute atomic E-state index is 0.00944. The molecule has 14 aliphatic carbocycles. The Balaban J connectivity index is 0.722. The van der Waals surface area contributed by atoms with Crippen LogP contribution in [0.1, 0.15) is 126 Å². The smallest absolute Gasteiger partial charge is 0.149 e. The number of alkyl halides is 3. The van der Waals surface area contributed by atoms with Crippen LogP contribution in [0, 0.1) is 35.0 Å². The number of hydrogen-bond acceptors (Lipinski definition) is 5. The van der Waals surface area contributed by atoms with Crippen LogP contribution < -0.4 is 14.4 Å². The molecule has 2 aromatic rings. The number of rotatable bonds is 16. The Morgan fingerprint density at radius 2 is 1.48 bits per heavy atom. The van der Waals surface area contributed by atoms with Crippen molar-refractivity contribution in [2.45, 2.75) is 175 Å². The zero-order valence-corrected chi connectivity index (χ0v) is 56.6. The van der Waals surface area contributed by atoms with Gasteiger partial charge in [0.2, 0.25) is 0 Å². The number of anilines is 1. The first-order valence-corrected chi connectivity index (χ1v) is 37.1. The molecule has 0 N–H and O–H groups in total. The van der Waals surface area contributed by atoms with Crippen molar-refractivity contribution in [3.8, 4) is 11.5 Å². The van der Waals surface area contributed by atoms with Gasteiger partial charge < -0.3 is 24.0 Å². The van der Waals surface area contributed by atoms with E-state index in [1.807, 2.05) is 30.4 Å². The number of nitrogens with zero attached hydrogens (tertiary/aromatic N) is 2. The molecule has 0 amide bonds. The first-order valence-electron chi connectivity index (χ1n) is 37.1. The number of benzene rings is 2. The molecule has 0 aromatic heterocycles. The molecule has 1 heterocycles. The maximum Gasteiger partial charge on any atom is 0.149 e. The van der Waals surface area contributed by atoms with Gasteiger partial charge in [-0.3, -0.25) is 0 Å². The molecular formula is C90H90F4N2O3. The van der Waals surface area contributed by atoms with Gasteiger partial charge in [-0.05, 0) is 196 Å². The zero-order chi connectivity index (χ0) is 66.9. The number of halogens is 4. The number of hydrogen-bond donors (Lipinski definition) is 0. The van der Waals surface area contributed by atoms with Crippen LogP contribution >= 0.6 is 0 Å². The first-order chi connectivity index (χ1) is 48.6. The van der Waals surface area contributed by atoms with Gasteiger partial charge in [0, 0.05) is 58.2 Å². The molecule has 0 saturated heterocycles. The Morgan fingerprint density at radius 3 is 2.26 bits per heavy atom. The van der Waals surface area contributed by atoms with E-state index in [4.69, 9.17) is 14.2 Å². The van der Waals surface area contributed by atoms with E-state index < -0.39 is 47.0 Å². The van der Waals surface area contributed by atoms with Crippen molar-refractivity contribution < 1.29 is 31.8 Å². The van der Waals surface area contributed by atoms with Crippen molar-refractivity contribution in [1.29, 1.82) is 0 Å². The fraction of sp³-hybridized carbons (Fsp3) is 0.378. The first kappa shape index (κ1) is 64.0. The molecule has 0 spiro atoms. The van der Waals surface area contributed by atoms with Crippen LogP contribution in [0.2, 0.25) is 0 Å². The van der Waals surface area contributed by atoms with E-state index in [1.54, 1.807) is 24.3 Å². The van der Waals surface area contributed by atoms with Crippen LogP contribution in [0.5, 0.6) is 11.5 Å². The average molecular weight is 1320 g/mol. The van der Waals surface area contributed by atoms with E-state index in [0.717, 1.165) is 150 Å². The molecular weight excluding hydrogens is 1230 g/mol. The predicted molar refractivity (Wildman–Crippen MR) is 391 cm³/mol. The molecule has 0 bridgehead atoms. The van der Waals surface area contributed by atoms with Crippen LogP contribution in [0.3, 0.4) is 0 Å². The number of para-hydroxylation sites is 1. The Morgan fingerprint density at radius 1 is 0.626 bits per heavy atom.